The molecule has 0 aliphatic carbocycles. The van der Waals surface area contributed by atoms with Gasteiger partial charge in [0.25, 0.3) is 0 Å². The zero-order valence-electron chi connectivity index (χ0n) is 9.88. The van der Waals surface area contributed by atoms with Gasteiger partial charge < -0.3 is 9.15 Å². The van der Waals surface area contributed by atoms with E-state index in [4.69, 9.17) is 9.15 Å². The quantitative estimate of drug-likeness (QED) is 0.778. The lowest BCUT2D eigenvalue weighted by atomic mass is 10.1. The van der Waals surface area contributed by atoms with Crippen LogP contribution in [-0.2, 0) is 4.74 Å². The van der Waals surface area contributed by atoms with E-state index >= 15 is 0 Å². The maximum atomic E-state index is 11.8. The van der Waals surface area contributed by atoms with Crippen molar-refractivity contribution in [1.82, 2.24) is 0 Å². The highest BCUT2D eigenvalue weighted by atomic mass is 16.5. The molecule has 0 saturated heterocycles. The van der Waals surface area contributed by atoms with Gasteiger partial charge in [0.05, 0.1) is 6.61 Å². The number of rotatable bonds is 3. The first-order valence-corrected chi connectivity index (χ1v) is 5.57. The van der Waals surface area contributed by atoms with Crippen LogP contribution in [0.2, 0.25) is 0 Å². The van der Waals surface area contributed by atoms with Crippen LogP contribution < -0.4 is 5.43 Å². The van der Waals surface area contributed by atoms with Gasteiger partial charge in [-0.2, -0.15) is 0 Å². The SMILES string of the molecule is CCOC(=O)c1coc(-c2ccccc2)cc1=O. The van der Waals surface area contributed by atoms with Crippen molar-refractivity contribution in [2.24, 2.45) is 0 Å². The normalized spacial score (nSPS) is 10.1. The second-order valence-electron chi connectivity index (χ2n) is 3.61. The van der Waals surface area contributed by atoms with Gasteiger partial charge in [-0.1, -0.05) is 30.3 Å². The third-order valence-electron chi connectivity index (χ3n) is 2.39. The van der Waals surface area contributed by atoms with Crippen LogP contribution in [0.3, 0.4) is 0 Å². The summed E-state index contributed by atoms with van der Waals surface area (Å²) in [5.74, 6) is -0.237. The van der Waals surface area contributed by atoms with Gasteiger partial charge in [0.2, 0.25) is 0 Å². The Balaban J connectivity index is 2.37. The van der Waals surface area contributed by atoms with Crippen LogP contribution in [0.1, 0.15) is 17.3 Å². The molecule has 1 heterocycles. The summed E-state index contributed by atoms with van der Waals surface area (Å²) in [6.45, 7) is 1.90. The third-order valence-corrected chi connectivity index (χ3v) is 2.39. The summed E-state index contributed by atoms with van der Waals surface area (Å²) in [6.07, 6.45) is 1.14. The molecule has 2 rings (SSSR count). The van der Waals surface area contributed by atoms with Crippen molar-refractivity contribution in [3.63, 3.8) is 0 Å². The van der Waals surface area contributed by atoms with E-state index in [0.29, 0.717) is 5.76 Å². The molecule has 0 aliphatic heterocycles. The highest BCUT2D eigenvalue weighted by molar-refractivity contribution is 5.89. The van der Waals surface area contributed by atoms with E-state index in [2.05, 4.69) is 0 Å². The van der Waals surface area contributed by atoms with Crippen molar-refractivity contribution in [3.8, 4) is 11.3 Å². The van der Waals surface area contributed by atoms with Crippen molar-refractivity contribution in [2.75, 3.05) is 6.61 Å². The summed E-state index contributed by atoms with van der Waals surface area (Å²) in [5, 5.41) is 0. The van der Waals surface area contributed by atoms with Crippen molar-refractivity contribution in [2.45, 2.75) is 6.92 Å². The first-order valence-electron chi connectivity index (χ1n) is 5.57. The van der Waals surface area contributed by atoms with E-state index in [0.717, 1.165) is 11.8 Å². The summed E-state index contributed by atoms with van der Waals surface area (Å²) in [6, 6.07) is 10.5. The molecule has 0 saturated carbocycles. The molecule has 1 aromatic carbocycles. The molecule has 4 nitrogen and oxygen atoms in total. The summed E-state index contributed by atoms with van der Waals surface area (Å²) in [5.41, 5.74) is 0.292. The molecule has 0 fully saturated rings. The number of carbonyl (C=O) groups excluding carboxylic acids is 1. The van der Waals surface area contributed by atoms with Crippen molar-refractivity contribution in [3.05, 3.63) is 58.4 Å². The van der Waals surface area contributed by atoms with E-state index in [9.17, 15) is 9.59 Å². The summed E-state index contributed by atoms with van der Waals surface area (Å²) in [4.78, 5) is 23.2. The first kappa shape index (κ1) is 12.1. The number of ether oxygens (including phenoxy) is 1. The second-order valence-corrected chi connectivity index (χ2v) is 3.61. The van der Waals surface area contributed by atoms with Crippen LogP contribution in [0.25, 0.3) is 11.3 Å². The van der Waals surface area contributed by atoms with E-state index in [1.165, 1.54) is 6.07 Å². The first-order chi connectivity index (χ1) is 8.72. The Kier molecular flexibility index (Phi) is 3.57. The van der Waals surface area contributed by atoms with Crippen LogP contribution in [-0.4, -0.2) is 12.6 Å². The lowest BCUT2D eigenvalue weighted by Gasteiger charge is -2.02. The Labute approximate surface area is 104 Å². The van der Waals surface area contributed by atoms with E-state index in [-0.39, 0.29) is 12.2 Å². The molecule has 4 heteroatoms. The minimum absolute atomic E-state index is 0.0865. The van der Waals surface area contributed by atoms with Gasteiger partial charge >= 0.3 is 5.97 Å². The van der Waals surface area contributed by atoms with Gasteiger partial charge in [0.1, 0.15) is 17.6 Å². The molecular weight excluding hydrogens is 232 g/mol. The monoisotopic (exact) mass is 244 g/mol. The Hall–Kier alpha value is -2.36. The zero-order chi connectivity index (χ0) is 13.0. The van der Waals surface area contributed by atoms with E-state index < -0.39 is 11.4 Å². The predicted octanol–water partition coefficient (Wildman–Crippen LogP) is 2.48. The topological polar surface area (TPSA) is 56.5 Å². The molecule has 1 aromatic heterocycles. The van der Waals surface area contributed by atoms with Crippen LogP contribution in [0.5, 0.6) is 0 Å². The number of esters is 1. The Morgan fingerprint density at radius 3 is 2.61 bits per heavy atom. The zero-order valence-corrected chi connectivity index (χ0v) is 9.88. The van der Waals surface area contributed by atoms with Crippen molar-refractivity contribution >= 4 is 5.97 Å². The molecule has 0 spiro atoms. The Bertz CT molecular complexity index is 599. The minimum atomic E-state index is -0.661. The molecule has 2 aromatic rings. The van der Waals surface area contributed by atoms with Gasteiger partial charge in [-0.25, -0.2) is 4.79 Å². The van der Waals surface area contributed by atoms with Crippen LogP contribution in [0, 0.1) is 0 Å². The molecule has 0 aliphatic rings. The fraction of sp³-hybridized carbons (Fsp3) is 0.143. The highest BCUT2D eigenvalue weighted by Crippen LogP contribution is 2.17. The smallest absolute Gasteiger partial charge is 0.345 e. The number of hydrogen-bond donors (Lipinski definition) is 0. The molecule has 92 valence electrons. The largest absolute Gasteiger partial charge is 0.463 e. The third kappa shape index (κ3) is 2.48. The molecule has 0 atom stereocenters. The number of carbonyl (C=O) groups is 1. The fourth-order valence-corrected chi connectivity index (χ4v) is 1.52. The summed E-state index contributed by atoms with van der Waals surface area (Å²) < 4.78 is 10.0. The molecule has 18 heavy (non-hydrogen) atoms. The molecule has 0 radical (unpaired) electrons. The lowest BCUT2D eigenvalue weighted by molar-refractivity contribution is 0.0522. The second kappa shape index (κ2) is 5.31. The Morgan fingerprint density at radius 1 is 1.28 bits per heavy atom. The minimum Gasteiger partial charge on any atom is -0.463 e. The molecule has 0 amide bonds. The average Bonchev–Trinajstić information content (AvgIpc) is 2.40. The molecule has 0 bridgehead atoms. The van der Waals surface area contributed by atoms with E-state index in [1.807, 2.05) is 30.3 Å². The number of hydrogen-bond acceptors (Lipinski definition) is 4. The van der Waals surface area contributed by atoms with Gasteiger partial charge in [-0.15, -0.1) is 0 Å². The van der Waals surface area contributed by atoms with Crippen molar-refractivity contribution in [1.29, 1.82) is 0 Å². The number of benzene rings is 1. The van der Waals surface area contributed by atoms with Crippen LogP contribution >= 0.6 is 0 Å². The summed E-state index contributed by atoms with van der Waals surface area (Å²) >= 11 is 0. The molecule has 0 N–H and O–H groups in total. The van der Waals surface area contributed by atoms with E-state index in [1.54, 1.807) is 6.92 Å². The average molecular weight is 244 g/mol. The van der Waals surface area contributed by atoms with Gasteiger partial charge in [0.15, 0.2) is 5.43 Å². The summed E-state index contributed by atoms with van der Waals surface area (Å²) in [7, 11) is 0. The lowest BCUT2D eigenvalue weighted by Crippen LogP contribution is -2.16. The van der Waals surface area contributed by atoms with Gasteiger partial charge in [0, 0.05) is 11.6 Å². The predicted molar refractivity (Wildman–Crippen MR) is 66.4 cm³/mol. The maximum absolute atomic E-state index is 11.8. The maximum Gasteiger partial charge on any atom is 0.345 e. The molecular formula is C14H12O4. The standard InChI is InChI=1S/C14H12O4/c1-2-17-14(16)11-9-18-13(8-12(11)15)10-6-4-3-5-7-10/h3-9H,2H2,1H3. The van der Waals surface area contributed by atoms with Gasteiger partial charge in [-0.3, -0.25) is 4.79 Å². The van der Waals surface area contributed by atoms with Gasteiger partial charge in [-0.05, 0) is 6.92 Å². The highest BCUT2D eigenvalue weighted by Gasteiger charge is 2.13. The van der Waals surface area contributed by atoms with Crippen molar-refractivity contribution < 1.29 is 13.9 Å². The fourth-order valence-electron chi connectivity index (χ4n) is 1.52. The Morgan fingerprint density at radius 2 is 2.00 bits per heavy atom. The van der Waals surface area contributed by atoms with Crippen LogP contribution in [0.15, 0.2) is 51.9 Å². The molecule has 0 unspecified atom stereocenters. The van der Waals surface area contributed by atoms with Crippen LogP contribution in [0.4, 0.5) is 0 Å².